The van der Waals surface area contributed by atoms with E-state index in [0.29, 0.717) is 5.69 Å². The highest BCUT2D eigenvalue weighted by atomic mass is 32.2. The molecule has 0 saturated carbocycles. The number of nitrogens with zero attached hydrogens (tertiary/aromatic N) is 2. The number of nitrogens with one attached hydrogen (secondary N) is 2. The van der Waals surface area contributed by atoms with Crippen molar-refractivity contribution in [3.63, 3.8) is 0 Å². The lowest BCUT2D eigenvalue weighted by atomic mass is 10.1. The Morgan fingerprint density at radius 3 is 2.71 bits per heavy atom. The Labute approximate surface area is 127 Å². The zero-order chi connectivity index (χ0) is 15.3. The summed E-state index contributed by atoms with van der Waals surface area (Å²) in [6, 6.07) is 3.43. The van der Waals surface area contributed by atoms with Crippen molar-refractivity contribution in [2.75, 3.05) is 32.0 Å². The third kappa shape index (κ3) is 4.15. The van der Waals surface area contributed by atoms with E-state index in [9.17, 15) is 8.42 Å². The van der Waals surface area contributed by atoms with E-state index in [1.54, 1.807) is 19.2 Å². The molecule has 6 nitrogen and oxygen atoms in total. The van der Waals surface area contributed by atoms with Crippen molar-refractivity contribution in [1.29, 1.82) is 0 Å². The number of likely N-dealkylation sites (tertiary alicyclic amines) is 1. The van der Waals surface area contributed by atoms with Gasteiger partial charge in [0.25, 0.3) is 10.0 Å². The van der Waals surface area contributed by atoms with Crippen LogP contribution in [0.2, 0.25) is 0 Å². The van der Waals surface area contributed by atoms with E-state index in [2.05, 4.69) is 26.8 Å². The third-order valence-electron chi connectivity index (χ3n) is 3.74. The van der Waals surface area contributed by atoms with Gasteiger partial charge in [-0.2, -0.15) is 0 Å². The molecule has 0 unspecified atom stereocenters. The summed E-state index contributed by atoms with van der Waals surface area (Å²) in [5, 5.41) is 2.95. The smallest absolute Gasteiger partial charge is 0.260 e. The number of hydrogen-bond acceptors (Lipinski definition) is 5. The van der Waals surface area contributed by atoms with E-state index in [0.717, 1.165) is 38.9 Å². The van der Waals surface area contributed by atoms with Gasteiger partial charge in [-0.15, -0.1) is 0 Å². The van der Waals surface area contributed by atoms with Crippen molar-refractivity contribution in [2.45, 2.75) is 37.3 Å². The van der Waals surface area contributed by atoms with Crippen LogP contribution in [0.5, 0.6) is 0 Å². The maximum absolute atomic E-state index is 12.5. The van der Waals surface area contributed by atoms with Gasteiger partial charge in [0.1, 0.15) is 0 Å². The Morgan fingerprint density at radius 2 is 2.10 bits per heavy atom. The van der Waals surface area contributed by atoms with Crippen molar-refractivity contribution in [3.05, 3.63) is 18.3 Å². The molecule has 0 atom stereocenters. The molecule has 0 aromatic carbocycles. The van der Waals surface area contributed by atoms with E-state index in [1.165, 1.54) is 6.20 Å². The molecule has 1 aromatic heterocycles. The Kier molecular flexibility index (Phi) is 5.55. The molecule has 0 bridgehead atoms. The summed E-state index contributed by atoms with van der Waals surface area (Å²) in [7, 11) is -1.88. The van der Waals surface area contributed by atoms with Crippen LogP contribution in [0, 0.1) is 0 Å². The zero-order valence-electron chi connectivity index (χ0n) is 12.7. The molecule has 0 amide bonds. The SMILES string of the molecule is CCCN1CCC(NS(=O)(=O)c2ncccc2NC)CC1. The Balaban J connectivity index is 2.02. The lowest BCUT2D eigenvalue weighted by Gasteiger charge is -2.31. The molecule has 7 heteroatoms. The van der Waals surface area contributed by atoms with E-state index >= 15 is 0 Å². The molecule has 1 aliphatic heterocycles. The van der Waals surface area contributed by atoms with Crippen molar-refractivity contribution < 1.29 is 8.42 Å². The van der Waals surface area contributed by atoms with Crippen LogP contribution in [0.15, 0.2) is 23.4 Å². The van der Waals surface area contributed by atoms with Crippen LogP contribution in [0.4, 0.5) is 5.69 Å². The summed E-state index contributed by atoms with van der Waals surface area (Å²) < 4.78 is 27.7. The molecule has 0 spiro atoms. The third-order valence-corrected chi connectivity index (χ3v) is 5.22. The summed E-state index contributed by atoms with van der Waals surface area (Å²) in [4.78, 5) is 6.39. The summed E-state index contributed by atoms with van der Waals surface area (Å²) in [5.41, 5.74) is 0.522. The molecule has 2 N–H and O–H groups in total. The standard InChI is InChI=1S/C14H24N4O2S/c1-3-9-18-10-6-12(7-11-18)17-21(19,20)14-13(15-2)5-4-8-16-14/h4-5,8,12,15,17H,3,6-7,9-11H2,1-2H3. The summed E-state index contributed by atoms with van der Waals surface area (Å²) in [6.45, 7) is 5.14. The van der Waals surface area contributed by atoms with Gasteiger partial charge in [0.15, 0.2) is 5.03 Å². The van der Waals surface area contributed by atoms with E-state index in [-0.39, 0.29) is 11.1 Å². The molecule has 1 fully saturated rings. The van der Waals surface area contributed by atoms with Crippen molar-refractivity contribution in [1.82, 2.24) is 14.6 Å². The fourth-order valence-electron chi connectivity index (χ4n) is 2.66. The Bertz CT molecular complexity index is 554. The number of sulfonamides is 1. The molecular formula is C14H24N4O2S. The Morgan fingerprint density at radius 1 is 1.38 bits per heavy atom. The number of hydrogen-bond donors (Lipinski definition) is 2. The second-order valence-electron chi connectivity index (χ2n) is 5.34. The van der Waals surface area contributed by atoms with Gasteiger partial charge in [-0.3, -0.25) is 0 Å². The first-order valence-corrected chi connectivity index (χ1v) is 8.92. The van der Waals surface area contributed by atoms with E-state index in [4.69, 9.17) is 0 Å². The van der Waals surface area contributed by atoms with Crippen molar-refractivity contribution in [2.24, 2.45) is 0 Å². The second-order valence-corrected chi connectivity index (χ2v) is 6.97. The minimum atomic E-state index is -3.57. The Hall–Kier alpha value is -1.18. The molecule has 0 radical (unpaired) electrons. The monoisotopic (exact) mass is 312 g/mol. The van der Waals surface area contributed by atoms with Crippen LogP contribution in [-0.2, 0) is 10.0 Å². The predicted molar refractivity (Wildman–Crippen MR) is 83.9 cm³/mol. The first-order chi connectivity index (χ1) is 10.1. The van der Waals surface area contributed by atoms with E-state index < -0.39 is 10.0 Å². The second kappa shape index (κ2) is 7.20. The zero-order valence-corrected chi connectivity index (χ0v) is 13.5. The lowest BCUT2D eigenvalue weighted by molar-refractivity contribution is 0.208. The average molecular weight is 312 g/mol. The van der Waals surface area contributed by atoms with Crippen molar-refractivity contribution in [3.8, 4) is 0 Å². The van der Waals surface area contributed by atoms with Crippen LogP contribution in [0.25, 0.3) is 0 Å². The molecular weight excluding hydrogens is 288 g/mol. The van der Waals surface area contributed by atoms with Crippen LogP contribution in [0.3, 0.4) is 0 Å². The average Bonchev–Trinajstić information content (AvgIpc) is 2.49. The number of rotatable bonds is 6. The van der Waals surface area contributed by atoms with Gasteiger partial charge in [0, 0.05) is 19.3 Å². The maximum Gasteiger partial charge on any atom is 0.260 e. The van der Waals surface area contributed by atoms with E-state index in [1.807, 2.05) is 0 Å². The lowest BCUT2D eigenvalue weighted by Crippen LogP contribution is -2.44. The number of aromatic nitrogens is 1. The van der Waals surface area contributed by atoms with Gasteiger partial charge in [0.2, 0.25) is 0 Å². The van der Waals surface area contributed by atoms with Crippen LogP contribution < -0.4 is 10.0 Å². The van der Waals surface area contributed by atoms with Gasteiger partial charge in [0.05, 0.1) is 5.69 Å². The number of pyridine rings is 1. The maximum atomic E-state index is 12.5. The fourth-order valence-corrected chi connectivity index (χ4v) is 4.11. The predicted octanol–water partition coefficient (Wildman–Crippen LogP) is 1.28. The molecule has 1 aromatic rings. The minimum absolute atomic E-state index is 0.00480. The number of piperidine rings is 1. The van der Waals surface area contributed by atoms with Crippen LogP contribution in [-0.4, -0.2) is 51.0 Å². The summed E-state index contributed by atoms with van der Waals surface area (Å²) in [5.74, 6) is 0. The van der Waals surface area contributed by atoms with Gasteiger partial charge >= 0.3 is 0 Å². The largest absolute Gasteiger partial charge is 0.386 e. The van der Waals surface area contributed by atoms with Crippen LogP contribution in [0.1, 0.15) is 26.2 Å². The normalized spacial score (nSPS) is 17.8. The highest BCUT2D eigenvalue weighted by Crippen LogP contribution is 2.19. The first kappa shape index (κ1) is 16.2. The first-order valence-electron chi connectivity index (χ1n) is 7.44. The summed E-state index contributed by atoms with van der Waals surface area (Å²) in [6.07, 6.45) is 4.33. The highest BCUT2D eigenvalue weighted by Gasteiger charge is 2.26. The van der Waals surface area contributed by atoms with Gasteiger partial charge in [-0.1, -0.05) is 6.92 Å². The molecule has 1 aliphatic rings. The molecule has 2 rings (SSSR count). The fraction of sp³-hybridized carbons (Fsp3) is 0.643. The van der Waals surface area contributed by atoms with Crippen LogP contribution >= 0.6 is 0 Å². The molecule has 1 saturated heterocycles. The van der Waals surface area contributed by atoms with Gasteiger partial charge in [-0.25, -0.2) is 18.1 Å². The highest BCUT2D eigenvalue weighted by molar-refractivity contribution is 7.89. The van der Waals surface area contributed by atoms with Crippen molar-refractivity contribution >= 4 is 15.7 Å². The number of anilines is 1. The topological polar surface area (TPSA) is 74.3 Å². The molecule has 118 valence electrons. The minimum Gasteiger partial charge on any atom is -0.386 e. The quantitative estimate of drug-likeness (QED) is 0.827. The molecule has 2 heterocycles. The van der Waals surface area contributed by atoms with Gasteiger partial charge in [-0.05, 0) is 51.0 Å². The molecule has 21 heavy (non-hydrogen) atoms. The molecule has 0 aliphatic carbocycles. The summed E-state index contributed by atoms with van der Waals surface area (Å²) >= 11 is 0. The van der Waals surface area contributed by atoms with Gasteiger partial charge < -0.3 is 10.2 Å².